The molecule has 1 heterocycles. The Balaban J connectivity index is 2.31. The molecular weight excluding hydrogens is 254 g/mol. The molecule has 1 atom stereocenters. The van der Waals surface area contributed by atoms with Crippen LogP contribution < -0.4 is 10.6 Å². The molecule has 20 heavy (non-hydrogen) atoms. The van der Waals surface area contributed by atoms with E-state index in [-0.39, 0.29) is 12.1 Å². The summed E-state index contributed by atoms with van der Waals surface area (Å²) < 4.78 is 5.21. The lowest BCUT2D eigenvalue weighted by atomic mass is 10.2. The summed E-state index contributed by atoms with van der Waals surface area (Å²) in [5.41, 5.74) is 0.524. The molecule has 0 saturated carbocycles. The van der Waals surface area contributed by atoms with Gasteiger partial charge in [0.15, 0.2) is 0 Å². The van der Waals surface area contributed by atoms with Gasteiger partial charge in [-0.3, -0.25) is 4.98 Å². The molecule has 1 rings (SSSR count). The maximum absolute atomic E-state index is 11.6. The Bertz CT molecular complexity index is 401. The maximum Gasteiger partial charge on any atom is 0.407 e. The molecule has 0 aliphatic carbocycles. The summed E-state index contributed by atoms with van der Waals surface area (Å²) >= 11 is 0. The van der Waals surface area contributed by atoms with E-state index >= 15 is 0 Å². The van der Waals surface area contributed by atoms with E-state index in [1.165, 1.54) is 0 Å². The normalized spacial score (nSPS) is 12.8. The quantitative estimate of drug-likeness (QED) is 0.839. The SMILES string of the molecule is CCC(CNC(=O)OC(C)(C)C)NCc1ccccn1. The lowest BCUT2D eigenvalue weighted by Crippen LogP contribution is -2.42. The fraction of sp³-hybridized carbons (Fsp3) is 0.600. The van der Waals surface area contributed by atoms with Crippen molar-refractivity contribution in [1.82, 2.24) is 15.6 Å². The molecule has 112 valence electrons. The number of hydrogen-bond donors (Lipinski definition) is 2. The van der Waals surface area contributed by atoms with Crippen LogP contribution in [0.1, 0.15) is 39.8 Å². The minimum atomic E-state index is -0.465. The van der Waals surface area contributed by atoms with Crippen LogP contribution in [0.5, 0.6) is 0 Å². The van der Waals surface area contributed by atoms with Crippen LogP contribution in [-0.4, -0.2) is 29.3 Å². The van der Waals surface area contributed by atoms with E-state index in [2.05, 4.69) is 22.5 Å². The maximum atomic E-state index is 11.6. The van der Waals surface area contributed by atoms with Crippen LogP contribution in [0, 0.1) is 0 Å². The summed E-state index contributed by atoms with van der Waals surface area (Å²) in [5, 5.41) is 6.15. The van der Waals surface area contributed by atoms with E-state index in [9.17, 15) is 4.79 Å². The minimum absolute atomic E-state index is 0.199. The number of hydrogen-bond acceptors (Lipinski definition) is 4. The molecule has 0 aromatic carbocycles. The second kappa shape index (κ2) is 7.85. The van der Waals surface area contributed by atoms with Crippen LogP contribution >= 0.6 is 0 Å². The molecular formula is C15H25N3O2. The second-order valence-corrected chi connectivity index (χ2v) is 5.69. The molecule has 1 unspecified atom stereocenters. The van der Waals surface area contributed by atoms with Gasteiger partial charge in [-0.15, -0.1) is 0 Å². The van der Waals surface area contributed by atoms with Gasteiger partial charge in [0.1, 0.15) is 5.60 Å². The standard InChI is InChI=1S/C15H25N3O2/c1-5-12(10-18-14(19)20-15(2,3)4)17-11-13-8-6-7-9-16-13/h6-9,12,17H,5,10-11H2,1-4H3,(H,18,19). The molecule has 5 heteroatoms. The number of nitrogens with zero attached hydrogens (tertiary/aromatic N) is 1. The molecule has 0 aliphatic heterocycles. The molecule has 0 fully saturated rings. The highest BCUT2D eigenvalue weighted by Gasteiger charge is 2.16. The summed E-state index contributed by atoms with van der Waals surface area (Å²) in [6.45, 7) is 8.86. The fourth-order valence-corrected chi connectivity index (χ4v) is 1.63. The predicted octanol–water partition coefficient (Wildman–Crippen LogP) is 2.47. The van der Waals surface area contributed by atoms with Crippen LogP contribution in [-0.2, 0) is 11.3 Å². The van der Waals surface area contributed by atoms with Gasteiger partial charge < -0.3 is 15.4 Å². The number of nitrogens with one attached hydrogen (secondary N) is 2. The van der Waals surface area contributed by atoms with Gasteiger partial charge in [-0.25, -0.2) is 4.79 Å². The highest BCUT2D eigenvalue weighted by Crippen LogP contribution is 2.06. The third-order valence-electron chi connectivity index (χ3n) is 2.68. The zero-order chi connectivity index (χ0) is 15.0. The van der Waals surface area contributed by atoms with Gasteiger partial charge in [0.05, 0.1) is 5.69 Å². The lowest BCUT2D eigenvalue weighted by molar-refractivity contribution is 0.0522. The highest BCUT2D eigenvalue weighted by atomic mass is 16.6. The molecule has 0 saturated heterocycles. The van der Waals surface area contributed by atoms with E-state index in [0.29, 0.717) is 13.1 Å². The Morgan fingerprint density at radius 1 is 1.40 bits per heavy atom. The van der Waals surface area contributed by atoms with E-state index < -0.39 is 5.60 Å². The van der Waals surface area contributed by atoms with Gasteiger partial charge in [0, 0.05) is 25.3 Å². The van der Waals surface area contributed by atoms with E-state index in [0.717, 1.165) is 12.1 Å². The zero-order valence-electron chi connectivity index (χ0n) is 12.8. The molecule has 2 N–H and O–H groups in total. The first-order valence-corrected chi connectivity index (χ1v) is 7.01. The Labute approximate surface area is 121 Å². The number of alkyl carbamates (subject to hydrolysis) is 1. The highest BCUT2D eigenvalue weighted by molar-refractivity contribution is 5.67. The summed E-state index contributed by atoms with van der Waals surface area (Å²) in [5.74, 6) is 0. The summed E-state index contributed by atoms with van der Waals surface area (Å²) in [6, 6.07) is 6.03. The number of carbonyl (C=O) groups is 1. The molecule has 0 aliphatic rings. The lowest BCUT2D eigenvalue weighted by Gasteiger charge is -2.22. The molecule has 0 spiro atoms. The number of amides is 1. The van der Waals surface area contributed by atoms with Gasteiger partial charge in [-0.05, 0) is 39.3 Å². The molecule has 1 aromatic heterocycles. The van der Waals surface area contributed by atoms with Crippen molar-refractivity contribution in [1.29, 1.82) is 0 Å². The van der Waals surface area contributed by atoms with Gasteiger partial charge >= 0.3 is 6.09 Å². The zero-order valence-corrected chi connectivity index (χ0v) is 12.8. The average molecular weight is 279 g/mol. The first-order chi connectivity index (χ1) is 9.40. The predicted molar refractivity (Wildman–Crippen MR) is 79.4 cm³/mol. The van der Waals surface area contributed by atoms with Crippen molar-refractivity contribution in [2.45, 2.75) is 52.3 Å². The van der Waals surface area contributed by atoms with Crippen LogP contribution in [0.2, 0.25) is 0 Å². The first kappa shape index (κ1) is 16.4. The first-order valence-electron chi connectivity index (χ1n) is 7.01. The van der Waals surface area contributed by atoms with Crippen LogP contribution in [0.25, 0.3) is 0 Å². The van der Waals surface area contributed by atoms with E-state index in [4.69, 9.17) is 4.74 Å². The number of rotatable bonds is 6. The molecule has 0 bridgehead atoms. The van der Waals surface area contributed by atoms with Crippen molar-refractivity contribution in [2.75, 3.05) is 6.54 Å². The van der Waals surface area contributed by atoms with Crippen molar-refractivity contribution in [3.05, 3.63) is 30.1 Å². The van der Waals surface area contributed by atoms with Crippen molar-refractivity contribution in [3.63, 3.8) is 0 Å². The summed E-state index contributed by atoms with van der Waals surface area (Å²) in [7, 11) is 0. The third-order valence-corrected chi connectivity index (χ3v) is 2.68. The largest absolute Gasteiger partial charge is 0.444 e. The number of pyridine rings is 1. The summed E-state index contributed by atoms with van der Waals surface area (Å²) in [4.78, 5) is 15.8. The van der Waals surface area contributed by atoms with Crippen molar-refractivity contribution in [2.24, 2.45) is 0 Å². The monoisotopic (exact) mass is 279 g/mol. The van der Waals surface area contributed by atoms with E-state index in [1.54, 1.807) is 6.20 Å². The molecule has 5 nitrogen and oxygen atoms in total. The van der Waals surface area contributed by atoms with Gasteiger partial charge in [0.2, 0.25) is 0 Å². The Morgan fingerprint density at radius 3 is 2.70 bits per heavy atom. The smallest absolute Gasteiger partial charge is 0.407 e. The minimum Gasteiger partial charge on any atom is -0.444 e. The van der Waals surface area contributed by atoms with Crippen LogP contribution in [0.15, 0.2) is 24.4 Å². The second-order valence-electron chi connectivity index (χ2n) is 5.69. The molecule has 1 aromatic rings. The van der Waals surface area contributed by atoms with Crippen molar-refractivity contribution >= 4 is 6.09 Å². The van der Waals surface area contributed by atoms with Gasteiger partial charge in [-0.2, -0.15) is 0 Å². The molecule has 1 amide bonds. The third kappa shape index (κ3) is 7.09. The van der Waals surface area contributed by atoms with Gasteiger partial charge in [-0.1, -0.05) is 13.0 Å². The number of ether oxygens (including phenoxy) is 1. The Hall–Kier alpha value is -1.62. The number of aromatic nitrogens is 1. The van der Waals surface area contributed by atoms with Gasteiger partial charge in [0.25, 0.3) is 0 Å². The van der Waals surface area contributed by atoms with Crippen LogP contribution in [0.3, 0.4) is 0 Å². The average Bonchev–Trinajstić information content (AvgIpc) is 2.38. The van der Waals surface area contributed by atoms with Crippen molar-refractivity contribution in [3.8, 4) is 0 Å². The summed E-state index contributed by atoms with van der Waals surface area (Å²) in [6.07, 6.45) is 2.31. The Morgan fingerprint density at radius 2 is 2.15 bits per heavy atom. The molecule has 0 radical (unpaired) electrons. The fourth-order valence-electron chi connectivity index (χ4n) is 1.63. The Kier molecular flexibility index (Phi) is 6.45. The topological polar surface area (TPSA) is 63.2 Å². The van der Waals surface area contributed by atoms with E-state index in [1.807, 2.05) is 39.0 Å². The number of carbonyl (C=O) groups excluding carboxylic acids is 1. The van der Waals surface area contributed by atoms with Crippen LogP contribution in [0.4, 0.5) is 4.79 Å². The van der Waals surface area contributed by atoms with Crippen molar-refractivity contribution < 1.29 is 9.53 Å².